The Morgan fingerprint density at radius 1 is 1.29 bits per heavy atom. The highest BCUT2D eigenvalue weighted by Crippen LogP contribution is 2.20. The van der Waals surface area contributed by atoms with Crippen molar-refractivity contribution in [3.63, 3.8) is 0 Å². The van der Waals surface area contributed by atoms with Crippen molar-refractivity contribution in [1.82, 2.24) is 9.97 Å². The molecule has 4 heteroatoms. The average Bonchev–Trinajstić information content (AvgIpc) is 2.40. The summed E-state index contributed by atoms with van der Waals surface area (Å²) in [6.45, 7) is 1.98. The molecule has 17 heavy (non-hydrogen) atoms. The topological polar surface area (TPSA) is 61.6 Å². The predicted octanol–water partition coefficient (Wildman–Crippen LogP) is 2.52. The molecule has 0 spiro atoms. The van der Waals surface area contributed by atoms with Gasteiger partial charge in [0, 0.05) is 12.4 Å². The van der Waals surface area contributed by atoms with Gasteiger partial charge in [0.25, 0.3) is 0 Å². The SMILES string of the molecule is CC(Nc1ccccc1C#N)c1cnccn1. The summed E-state index contributed by atoms with van der Waals surface area (Å²) in [5, 5.41) is 12.2. The van der Waals surface area contributed by atoms with E-state index >= 15 is 0 Å². The molecule has 84 valence electrons. The molecule has 0 aliphatic rings. The Morgan fingerprint density at radius 3 is 2.82 bits per heavy atom. The molecule has 1 aromatic heterocycles. The van der Waals surface area contributed by atoms with E-state index in [1.54, 1.807) is 24.7 Å². The first kappa shape index (κ1) is 11.1. The summed E-state index contributed by atoms with van der Waals surface area (Å²) in [5.41, 5.74) is 2.29. The van der Waals surface area contributed by atoms with Crippen LogP contribution in [0.15, 0.2) is 42.9 Å². The lowest BCUT2D eigenvalue weighted by Crippen LogP contribution is -2.09. The number of nitrogens with one attached hydrogen (secondary N) is 1. The Bertz CT molecular complexity index is 531. The molecule has 0 saturated heterocycles. The van der Waals surface area contributed by atoms with Crippen molar-refractivity contribution in [2.75, 3.05) is 5.32 Å². The third-order valence-electron chi connectivity index (χ3n) is 2.45. The number of rotatable bonds is 3. The van der Waals surface area contributed by atoms with E-state index in [-0.39, 0.29) is 6.04 Å². The molecule has 0 aliphatic carbocycles. The number of nitriles is 1. The van der Waals surface area contributed by atoms with E-state index in [9.17, 15) is 0 Å². The van der Waals surface area contributed by atoms with Crippen molar-refractivity contribution < 1.29 is 0 Å². The predicted molar refractivity (Wildman–Crippen MR) is 65.2 cm³/mol. The number of nitrogens with zero attached hydrogens (tertiary/aromatic N) is 3. The van der Waals surface area contributed by atoms with Crippen LogP contribution >= 0.6 is 0 Å². The second-order valence-corrected chi connectivity index (χ2v) is 3.65. The van der Waals surface area contributed by atoms with E-state index in [1.165, 1.54) is 0 Å². The van der Waals surface area contributed by atoms with Gasteiger partial charge in [-0.1, -0.05) is 12.1 Å². The van der Waals surface area contributed by atoms with E-state index in [2.05, 4.69) is 21.4 Å². The van der Waals surface area contributed by atoms with Crippen LogP contribution in [0.1, 0.15) is 24.2 Å². The van der Waals surface area contributed by atoms with Crippen molar-refractivity contribution in [2.24, 2.45) is 0 Å². The molecule has 4 nitrogen and oxygen atoms in total. The summed E-state index contributed by atoms with van der Waals surface area (Å²) in [4.78, 5) is 8.24. The normalized spacial score (nSPS) is 11.5. The fourth-order valence-corrected chi connectivity index (χ4v) is 1.55. The first-order chi connectivity index (χ1) is 8.31. The smallest absolute Gasteiger partial charge is 0.101 e. The van der Waals surface area contributed by atoms with Crippen LogP contribution in [0.4, 0.5) is 5.69 Å². The lowest BCUT2D eigenvalue weighted by Gasteiger charge is -2.15. The van der Waals surface area contributed by atoms with Crippen LogP contribution in [-0.2, 0) is 0 Å². The van der Waals surface area contributed by atoms with E-state index in [4.69, 9.17) is 5.26 Å². The second-order valence-electron chi connectivity index (χ2n) is 3.65. The zero-order chi connectivity index (χ0) is 12.1. The first-order valence-corrected chi connectivity index (χ1v) is 5.33. The molecule has 0 amide bonds. The molecule has 1 unspecified atom stereocenters. The number of hydrogen-bond acceptors (Lipinski definition) is 4. The summed E-state index contributed by atoms with van der Waals surface area (Å²) in [6.07, 6.45) is 5.01. The number of anilines is 1. The molecule has 2 aromatic rings. The van der Waals surface area contributed by atoms with Gasteiger partial charge in [-0.15, -0.1) is 0 Å². The van der Waals surface area contributed by atoms with E-state index in [1.807, 2.05) is 25.1 Å². The number of benzene rings is 1. The van der Waals surface area contributed by atoms with Gasteiger partial charge in [0.15, 0.2) is 0 Å². The fraction of sp³-hybridized carbons (Fsp3) is 0.154. The highest BCUT2D eigenvalue weighted by atomic mass is 14.9. The number of aromatic nitrogens is 2. The van der Waals surface area contributed by atoms with Crippen LogP contribution in [-0.4, -0.2) is 9.97 Å². The van der Waals surface area contributed by atoms with E-state index < -0.39 is 0 Å². The maximum Gasteiger partial charge on any atom is 0.101 e. The van der Waals surface area contributed by atoms with Crippen LogP contribution < -0.4 is 5.32 Å². The van der Waals surface area contributed by atoms with Crippen molar-refractivity contribution in [2.45, 2.75) is 13.0 Å². The van der Waals surface area contributed by atoms with Crippen LogP contribution in [0, 0.1) is 11.3 Å². The molecular weight excluding hydrogens is 212 g/mol. The van der Waals surface area contributed by atoms with Crippen molar-refractivity contribution in [3.8, 4) is 6.07 Å². The highest BCUT2D eigenvalue weighted by molar-refractivity contribution is 5.57. The van der Waals surface area contributed by atoms with Gasteiger partial charge < -0.3 is 5.32 Å². The van der Waals surface area contributed by atoms with Crippen molar-refractivity contribution >= 4 is 5.69 Å². The molecule has 0 fully saturated rings. The monoisotopic (exact) mass is 224 g/mol. The highest BCUT2D eigenvalue weighted by Gasteiger charge is 2.08. The van der Waals surface area contributed by atoms with E-state index in [0.717, 1.165) is 11.4 Å². The van der Waals surface area contributed by atoms with Crippen LogP contribution in [0.2, 0.25) is 0 Å². The average molecular weight is 224 g/mol. The zero-order valence-corrected chi connectivity index (χ0v) is 9.46. The quantitative estimate of drug-likeness (QED) is 0.870. The Balaban J connectivity index is 2.19. The first-order valence-electron chi connectivity index (χ1n) is 5.33. The van der Waals surface area contributed by atoms with Gasteiger partial charge in [-0.2, -0.15) is 5.26 Å². The van der Waals surface area contributed by atoms with Crippen molar-refractivity contribution in [1.29, 1.82) is 5.26 Å². The van der Waals surface area contributed by atoms with Gasteiger partial charge in [0.2, 0.25) is 0 Å². The molecule has 1 heterocycles. The van der Waals surface area contributed by atoms with Gasteiger partial charge in [-0.25, -0.2) is 0 Å². The number of hydrogen-bond donors (Lipinski definition) is 1. The minimum absolute atomic E-state index is 0.0122. The molecule has 1 N–H and O–H groups in total. The van der Waals surface area contributed by atoms with Gasteiger partial charge >= 0.3 is 0 Å². The maximum absolute atomic E-state index is 8.98. The van der Waals surface area contributed by atoms with Crippen LogP contribution in [0.25, 0.3) is 0 Å². The second kappa shape index (κ2) is 5.08. The molecule has 0 saturated carbocycles. The Hall–Kier alpha value is -2.41. The van der Waals surface area contributed by atoms with Crippen LogP contribution in [0.5, 0.6) is 0 Å². The maximum atomic E-state index is 8.98. The zero-order valence-electron chi connectivity index (χ0n) is 9.46. The third kappa shape index (κ3) is 2.58. The summed E-state index contributed by atoms with van der Waals surface area (Å²) < 4.78 is 0. The third-order valence-corrected chi connectivity index (χ3v) is 2.45. The Labute approximate surface area is 100.0 Å². The van der Waals surface area contributed by atoms with Gasteiger partial charge in [-0.3, -0.25) is 9.97 Å². The summed E-state index contributed by atoms with van der Waals surface area (Å²) in [5.74, 6) is 0. The lowest BCUT2D eigenvalue weighted by atomic mass is 10.1. The minimum Gasteiger partial charge on any atom is -0.376 e. The molecule has 1 aromatic carbocycles. The molecule has 1 atom stereocenters. The van der Waals surface area contributed by atoms with Gasteiger partial charge in [0.05, 0.1) is 29.2 Å². The summed E-state index contributed by atoms with van der Waals surface area (Å²) in [7, 11) is 0. The molecule has 2 rings (SSSR count). The molecule has 0 aliphatic heterocycles. The molecule has 0 bridgehead atoms. The standard InChI is InChI=1S/C13H12N4/c1-10(13-9-15-6-7-16-13)17-12-5-3-2-4-11(12)8-14/h2-7,9-10,17H,1H3. The Morgan fingerprint density at radius 2 is 2.12 bits per heavy atom. The molecular formula is C13H12N4. The van der Waals surface area contributed by atoms with E-state index in [0.29, 0.717) is 5.56 Å². The fourth-order valence-electron chi connectivity index (χ4n) is 1.55. The van der Waals surface area contributed by atoms with Crippen molar-refractivity contribution in [3.05, 3.63) is 54.1 Å². The summed E-state index contributed by atoms with van der Waals surface area (Å²) in [6, 6.07) is 9.57. The number of para-hydroxylation sites is 1. The van der Waals surface area contributed by atoms with Crippen LogP contribution in [0.3, 0.4) is 0 Å². The van der Waals surface area contributed by atoms with Gasteiger partial charge in [0.1, 0.15) is 6.07 Å². The Kier molecular flexibility index (Phi) is 3.31. The largest absolute Gasteiger partial charge is 0.376 e. The lowest BCUT2D eigenvalue weighted by molar-refractivity contribution is 0.827. The van der Waals surface area contributed by atoms with Gasteiger partial charge in [-0.05, 0) is 19.1 Å². The summed E-state index contributed by atoms with van der Waals surface area (Å²) >= 11 is 0. The molecule has 0 radical (unpaired) electrons. The minimum atomic E-state index is 0.0122.